The van der Waals surface area contributed by atoms with E-state index in [1.807, 2.05) is 24.3 Å². The fourth-order valence-corrected chi connectivity index (χ4v) is 3.54. The molecule has 0 atom stereocenters. The van der Waals surface area contributed by atoms with E-state index in [2.05, 4.69) is 6.92 Å². The van der Waals surface area contributed by atoms with Crippen molar-refractivity contribution in [3.05, 3.63) is 83.9 Å². The molecule has 0 unspecified atom stereocenters. The Morgan fingerprint density at radius 3 is 1.92 bits per heavy atom. The Balaban J connectivity index is 1.29. The number of hydrogen-bond acceptors (Lipinski definition) is 8. The van der Waals surface area contributed by atoms with Gasteiger partial charge in [0.25, 0.3) is 0 Å². The number of carbonyl (C=O) groups is 2. The summed E-state index contributed by atoms with van der Waals surface area (Å²) < 4.78 is 22.0. The Morgan fingerprint density at radius 1 is 0.718 bits per heavy atom. The second kappa shape index (κ2) is 15.7. The molecule has 0 aromatic heterocycles. The summed E-state index contributed by atoms with van der Waals surface area (Å²) in [5, 5.41) is 0. The summed E-state index contributed by atoms with van der Waals surface area (Å²) in [5.41, 5.74) is 13.5. The van der Waals surface area contributed by atoms with Crippen molar-refractivity contribution < 1.29 is 28.5 Å². The molecule has 0 radical (unpaired) electrons. The summed E-state index contributed by atoms with van der Waals surface area (Å²) in [6.07, 6.45) is 7.54. The van der Waals surface area contributed by atoms with Crippen molar-refractivity contribution in [2.45, 2.75) is 39.0 Å². The van der Waals surface area contributed by atoms with E-state index in [0.29, 0.717) is 42.5 Å². The van der Waals surface area contributed by atoms with Gasteiger partial charge in [-0.1, -0.05) is 25.5 Å². The van der Waals surface area contributed by atoms with E-state index < -0.39 is 11.9 Å². The van der Waals surface area contributed by atoms with Gasteiger partial charge in [-0.25, -0.2) is 9.59 Å². The Hall–Kier alpha value is -4.46. The van der Waals surface area contributed by atoms with E-state index in [4.69, 9.17) is 30.4 Å². The zero-order chi connectivity index (χ0) is 27.9. The van der Waals surface area contributed by atoms with Crippen LogP contribution in [0.15, 0.2) is 72.8 Å². The van der Waals surface area contributed by atoms with Gasteiger partial charge in [0, 0.05) is 17.5 Å². The van der Waals surface area contributed by atoms with Gasteiger partial charge in [-0.2, -0.15) is 0 Å². The molecule has 0 aliphatic rings. The molecule has 0 aliphatic carbocycles. The van der Waals surface area contributed by atoms with E-state index in [1.165, 1.54) is 6.08 Å². The molecule has 4 N–H and O–H groups in total. The molecule has 0 fully saturated rings. The summed E-state index contributed by atoms with van der Waals surface area (Å²) in [7, 11) is 0. The van der Waals surface area contributed by atoms with Crippen LogP contribution in [0.1, 0.15) is 54.9 Å². The highest BCUT2D eigenvalue weighted by molar-refractivity contribution is 5.91. The van der Waals surface area contributed by atoms with Crippen LogP contribution < -0.4 is 25.7 Å². The highest BCUT2D eigenvalue weighted by Crippen LogP contribution is 2.19. The lowest BCUT2D eigenvalue weighted by Crippen LogP contribution is -2.08. The topological polar surface area (TPSA) is 123 Å². The van der Waals surface area contributed by atoms with Crippen molar-refractivity contribution in [1.82, 2.24) is 0 Å². The number of esters is 2. The van der Waals surface area contributed by atoms with E-state index in [9.17, 15) is 9.59 Å². The van der Waals surface area contributed by atoms with Crippen LogP contribution in [0.2, 0.25) is 0 Å². The quantitative estimate of drug-likeness (QED) is 0.0797. The summed E-state index contributed by atoms with van der Waals surface area (Å²) in [5.74, 6) is 1.05. The first kappa shape index (κ1) is 29.1. The van der Waals surface area contributed by atoms with Crippen molar-refractivity contribution in [3.8, 4) is 17.2 Å². The number of nitrogens with two attached hydrogens (primary N) is 2. The molecule has 39 heavy (non-hydrogen) atoms. The van der Waals surface area contributed by atoms with Crippen molar-refractivity contribution in [2.24, 2.45) is 0 Å². The van der Waals surface area contributed by atoms with E-state index in [0.717, 1.165) is 49.2 Å². The number of rotatable bonds is 15. The first-order valence-electron chi connectivity index (χ1n) is 13.1. The van der Waals surface area contributed by atoms with Gasteiger partial charge < -0.3 is 30.4 Å². The molecule has 0 saturated carbocycles. The largest absolute Gasteiger partial charge is 0.494 e. The van der Waals surface area contributed by atoms with Gasteiger partial charge in [-0.3, -0.25) is 0 Å². The van der Waals surface area contributed by atoms with Gasteiger partial charge in [0.2, 0.25) is 0 Å². The predicted molar refractivity (Wildman–Crippen MR) is 153 cm³/mol. The summed E-state index contributed by atoms with van der Waals surface area (Å²) in [6.45, 7) is 3.64. The maximum atomic E-state index is 12.1. The molecule has 206 valence electrons. The molecule has 0 amide bonds. The van der Waals surface area contributed by atoms with Crippen LogP contribution in [0, 0.1) is 0 Å². The number of hydrogen-bond donors (Lipinski definition) is 2. The van der Waals surface area contributed by atoms with Crippen LogP contribution >= 0.6 is 0 Å². The number of ether oxygens (including phenoxy) is 4. The van der Waals surface area contributed by atoms with Crippen molar-refractivity contribution >= 4 is 29.4 Å². The molecule has 0 aliphatic heterocycles. The second-order valence-corrected chi connectivity index (χ2v) is 8.93. The molecule has 3 aromatic rings. The van der Waals surface area contributed by atoms with Crippen molar-refractivity contribution in [2.75, 3.05) is 31.3 Å². The minimum atomic E-state index is -0.460. The van der Waals surface area contributed by atoms with Gasteiger partial charge in [0.1, 0.15) is 17.2 Å². The molecule has 0 heterocycles. The minimum Gasteiger partial charge on any atom is -0.494 e. The lowest BCUT2D eigenvalue weighted by atomic mass is 10.2. The smallest absolute Gasteiger partial charge is 0.338 e. The van der Waals surface area contributed by atoms with Gasteiger partial charge >= 0.3 is 11.9 Å². The maximum Gasteiger partial charge on any atom is 0.338 e. The average molecular weight is 533 g/mol. The van der Waals surface area contributed by atoms with Gasteiger partial charge in [0.15, 0.2) is 0 Å². The first-order chi connectivity index (χ1) is 18.9. The third kappa shape index (κ3) is 10.8. The predicted octanol–water partition coefficient (Wildman–Crippen LogP) is 6.05. The molecular formula is C31H36N2O6. The van der Waals surface area contributed by atoms with Crippen LogP contribution in [-0.4, -0.2) is 31.8 Å². The Labute approximate surface area is 229 Å². The molecule has 0 saturated heterocycles. The lowest BCUT2D eigenvalue weighted by molar-refractivity contribution is -0.128. The number of benzene rings is 3. The third-order valence-electron chi connectivity index (χ3n) is 5.60. The Bertz CT molecular complexity index is 1200. The summed E-state index contributed by atoms with van der Waals surface area (Å²) in [4.78, 5) is 24.2. The third-order valence-corrected chi connectivity index (χ3v) is 5.60. The number of carbonyl (C=O) groups excluding carboxylic acids is 2. The minimum absolute atomic E-state index is 0.315. The highest BCUT2D eigenvalue weighted by atomic mass is 16.5. The first-order valence-corrected chi connectivity index (χ1v) is 13.1. The van der Waals surface area contributed by atoms with E-state index in [1.54, 1.807) is 48.5 Å². The molecule has 0 spiro atoms. The Kier molecular flexibility index (Phi) is 11.7. The van der Waals surface area contributed by atoms with E-state index >= 15 is 0 Å². The molecule has 3 rings (SSSR count). The number of unbranched alkanes of at least 4 members (excludes halogenated alkanes) is 3. The Morgan fingerprint density at radius 2 is 1.28 bits per heavy atom. The van der Waals surface area contributed by atoms with Gasteiger partial charge in [0.05, 0.1) is 25.4 Å². The lowest BCUT2D eigenvalue weighted by Gasteiger charge is -2.08. The SMILES string of the molecule is CCCCOc1ccc(OC(=O)/C=C/c2ccc(OCCCCCOC(=O)c3cc(N)cc(N)c3)cc2)cc1. The normalized spacial score (nSPS) is 10.8. The molecule has 8 nitrogen and oxygen atoms in total. The van der Waals surface area contributed by atoms with E-state index in [-0.39, 0.29) is 0 Å². The zero-order valence-corrected chi connectivity index (χ0v) is 22.3. The summed E-state index contributed by atoms with van der Waals surface area (Å²) in [6, 6.07) is 19.1. The van der Waals surface area contributed by atoms with Gasteiger partial charge in [-0.15, -0.1) is 0 Å². The second-order valence-electron chi connectivity index (χ2n) is 8.93. The molecule has 8 heteroatoms. The highest BCUT2D eigenvalue weighted by Gasteiger charge is 2.08. The van der Waals surface area contributed by atoms with Crippen LogP contribution in [-0.2, 0) is 9.53 Å². The summed E-state index contributed by atoms with van der Waals surface area (Å²) >= 11 is 0. The zero-order valence-electron chi connectivity index (χ0n) is 22.3. The fraction of sp³-hybridized carbons (Fsp3) is 0.290. The van der Waals surface area contributed by atoms with Crippen LogP contribution in [0.4, 0.5) is 11.4 Å². The number of nitrogen functional groups attached to an aromatic ring is 2. The molecular weight excluding hydrogens is 496 g/mol. The fourth-order valence-electron chi connectivity index (χ4n) is 3.54. The molecule has 0 bridgehead atoms. The van der Waals surface area contributed by atoms with Crippen LogP contribution in [0.5, 0.6) is 17.2 Å². The van der Waals surface area contributed by atoms with Crippen molar-refractivity contribution in [3.63, 3.8) is 0 Å². The van der Waals surface area contributed by atoms with Gasteiger partial charge in [-0.05, 0) is 91.9 Å². The van der Waals surface area contributed by atoms with Crippen LogP contribution in [0.3, 0.4) is 0 Å². The number of anilines is 2. The van der Waals surface area contributed by atoms with Crippen LogP contribution in [0.25, 0.3) is 6.08 Å². The molecule has 3 aromatic carbocycles. The maximum absolute atomic E-state index is 12.1. The van der Waals surface area contributed by atoms with Crippen molar-refractivity contribution in [1.29, 1.82) is 0 Å². The average Bonchev–Trinajstić information content (AvgIpc) is 2.92. The monoisotopic (exact) mass is 532 g/mol. The standard InChI is InChI=1S/C31H36N2O6/c1-2-3-17-36-28-12-14-29(15-13-28)39-30(34)16-9-23-7-10-27(11-8-23)37-18-5-4-6-19-38-31(35)24-20-25(32)22-26(33)21-24/h7-16,20-22H,2-6,17-19,32-33H2,1H3/b16-9+.